The lowest BCUT2D eigenvalue weighted by molar-refractivity contribution is -0.131. The second-order valence-corrected chi connectivity index (χ2v) is 6.61. The van der Waals surface area contributed by atoms with Gasteiger partial charge in [0.15, 0.2) is 5.82 Å². The molecule has 0 fully saturated rings. The Kier molecular flexibility index (Phi) is 4.85. The van der Waals surface area contributed by atoms with Crippen LogP contribution >= 0.6 is 0 Å². The Labute approximate surface area is 146 Å². The highest BCUT2D eigenvalue weighted by Gasteiger charge is 2.21. The summed E-state index contributed by atoms with van der Waals surface area (Å²) in [6.45, 7) is 4.49. The highest BCUT2D eigenvalue weighted by molar-refractivity contribution is 5.86. The van der Waals surface area contributed by atoms with Crippen molar-refractivity contribution in [3.8, 4) is 0 Å². The van der Waals surface area contributed by atoms with Crippen LogP contribution in [0.3, 0.4) is 0 Å². The summed E-state index contributed by atoms with van der Waals surface area (Å²) in [4.78, 5) is 17.5. The number of likely N-dealkylation sites (N-methyl/N-ethyl adjacent to an activating group) is 1. The third-order valence-electron chi connectivity index (χ3n) is 4.39. The highest BCUT2D eigenvalue weighted by atomic mass is 16.2. The Bertz CT molecular complexity index is 865. The van der Waals surface area contributed by atoms with Crippen LogP contribution in [0.2, 0.25) is 0 Å². The normalized spacial score (nSPS) is 12.7. The molecule has 0 saturated carbocycles. The van der Waals surface area contributed by atoms with E-state index in [0.717, 1.165) is 22.3 Å². The maximum atomic E-state index is 12.6. The number of aromatic nitrogens is 4. The molecule has 2 aromatic heterocycles. The number of amides is 1. The maximum absolute atomic E-state index is 12.6. The zero-order valence-corrected chi connectivity index (χ0v) is 14.8. The van der Waals surface area contributed by atoms with Crippen LogP contribution in [0.25, 0.3) is 10.9 Å². The average Bonchev–Trinajstić information content (AvgIpc) is 3.21. The lowest BCUT2D eigenvalue weighted by Crippen LogP contribution is -2.43. The van der Waals surface area contributed by atoms with Crippen LogP contribution in [-0.4, -0.2) is 43.6 Å². The van der Waals surface area contributed by atoms with E-state index < -0.39 is 6.04 Å². The molecule has 0 aliphatic carbocycles. The number of nitrogens with two attached hydrogens (primary N) is 1. The predicted octanol–water partition coefficient (Wildman–Crippen LogP) is 1.87. The molecule has 0 aliphatic rings. The number of benzene rings is 1. The number of aromatic amines is 1. The molecule has 0 unspecified atom stereocenters. The SMILES string of the molecule is CC(C)n1cnnc1CN(C)C(=O)[C@H](N)Cc1c[nH]c2ccccc12. The molecule has 0 aliphatic heterocycles. The molecule has 7 nitrogen and oxygen atoms in total. The lowest BCUT2D eigenvalue weighted by atomic mass is 10.0. The number of carbonyl (C=O) groups excluding carboxylic acids is 1. The summed E-state index contributed by atoms with van der Waals surface area (Å²) < 4.78 is 1.95. The van der Waals surface area contributed by atoms with Gasteiger partial charge in [-0.3, -0.25) is 4.79 Å². The van der Waals surface area contributed by atoms with Crippen LogP contribution in [0.15, 0.2) is 36.8 Å². The number of fused-ring (bicyclic) bond motifs is 1. The van der Waals surface area contributed by atoms with Crippen LogP contribution < -0.4 is 5.73 Å². The molecule has 0 bridgehead atoms. The van der Waals surface area contributed by atoms with Crippen LogP contribution in [-0.2, 0) is 17.8 Å². The third kappa shape index (κ3) is 3.56. The maximum Gasteiger partial charge on any atom is 0.239 e. The first-order valence-electron chi connectivity index (χ1n) is 8.41. The quantitative estimate of drug-likeness (QED) is 0.716. The summed E-state index contributed by atoms with van der Waals surface area (Å²) in [6.07, 6.45) is 4.10. The van der Waals surface area contributed by atoms with E-state index in [2.05, 4.69) is 29.0 Å². The van der Waals surface area contributed by atoms with Gasteiger partial charge in [-0.05, 0) is 31.9 Å². The molecule has 0 spiro atoms. The summed E-state index contributed by atoms with van der Waals surface area (Å²) in [6, 6.07) is 7.65. The second-order valence-electron chi connectivity index (χ2n) is 6.61. The van der Waals surface area contributed by atoms with Gasteiger partial charge in [0.2, 0.25) is 5.91 Å². The van der Waals surface area contributed by atoms with E-state index in [0.29, 0.717) is 13.0 Å². The molecule has 1 aromatic carbocycles. The van der Waals surface area contributed by atoms with Crippen molar-refractivity contribution < 1.29 is 4.79 Å². The molecule has 25 heavy (non-hydrogen) atoms. The first-order valence-corrected chi connectivity index (χ1v) is 8.41. The third-order valence-corrected chi connectivity index (χ3v) is 4.39. The topological polar surface area (TPSA) is 92.8 Å². The summed E-state index contributed by atoms with van der Waals surface area (Å²) in [5.41, 5.74) is 8.28. The minimum Gasteiger partial charge on any atom is -0.361 e. The van der Waals surface area contributed by atoms with Gasteiger partial charge < -0.3 is 20.2 Å². The fourth-order valence-electron chi connectivity index (χ4n) is 3.01. The summed E-state index contributed by atoms with van der Waals surface area (Å²) in [5.74, 6) is 0.647. The molecule has 3 N–H and O–H groups in total. The molecule has 0 radical (unpaired) electrons. The Morgan fingerprint density at radius 2 is 2.12 bits per heavy atom. The van der Waals surface area contributed by atoms with Crippen LogP contribution in [0, 0.1) is 0 Å². The van der Waals surface area contributed by atoms with Crippen molar-refractivity contribution in [1.29, 1.82) is 0 Å². The fourth-order valence-corrected chi connectivity index (χ4v) is 3.01. The highest BCUT2D eigenvalue weighted by Crippen LogP contribution is 2.19. The number of carbonyl (C=O) groups is 1. The van der Waals surface area contributed by atoms with Crippen LogP contribution in [0.4, 0.5) is 0 Å². The van der Waals surface area contributed by atoms with Crippen molar-refractivity contribution >= 4 is 16.8 Å². The number of hydrogen-bond acceptors (Lipinski definition) is 4. The first kappa shape index (κ1) is 17.2. The molecule has 132 valence electrons. The van der Waals surface area contributed by atoms with E-state index in [1.807, 2.05) is 35.0 Å². The smallest absolute Gasteiger partial charge is 0.239 e. The van der Waals surface area contributed by atoms with E-state index in [1.54, 1.807) is 18.3 Å². The van der Waals surface area contributed by atoms with Crippen molar-refractivity contribution in [2.45, 2.75) is 38.9 Å². The van der Waals surface area contributed by atoms with Gasteiger partial charge in [0, 0.05) is 30.2 Å². The predicted molar refractivity (Wildman–Crippen MR) is 96.9 cm³/mol. The number of para-hydroxylation sites is 1. The summed E-state index contributed by atoms with van der Waals surface area (Å²) in [5, 5.41) is 9.15. The molecule has 0 saturated heterocycles. The molecule has 2 heterocycles. The van der Waals surface area contributed by atoms with Crippen molar-refractivity contribution in [2.24, 2.45) is 5.73 Å². The number of rotatable bonds is 6. The van der Waals surface area contributed by atoms with E-state index in [1.165, 1.54) is 0 Å². The van der Waals surface area contributed by atoms with Crippen molar-refractivity contribution in [3.05, 3.63) is 48.2 Å². The summed E-state index contributed by atoms with van der Waals surface area (Å²) >= 11 is 0. The van der Waals surface area contributed by atoms with E-state index >= 15 is 0 Å². The Hall–Kier alpha value is -2.67. The molecule has 7 heteroatoms. The molecule has 3 aromatic rings. The van der Waals surface area contributed by atoms with Gasteiger partial charge >= 0.3 is 0 Å². The minimum atomic E-state index is -0.598. The Morgan fingerprint density at radius 1 is 1.36 bits per heavy atom. The minimum absolute atomic E-state index is 0.108. The van der Waals surface area contributed by atoms with E-state index in [4.69, 9.17) is 5.73 Å². The zero-order valence-electron chi connectivity index (χ0n) is 14.8. The number of nitrogens with zero attached hydrogens (tertiary/aromatic N) is 4. The standard InChI is InChI=1S/C18H24N6O/c1-12(2)24-11-21-22-17(24)10-23(3)18(25)15(19)8-13-9-20-16-7-5-4-6-14(13)16/h4-7,9,11-12,15,20H,8,10,19H2,1-3H3/t15-/m1/s1. The Morgan fingerprint density at radius 3 is 2.88 bits per heavy atom. The first-order chi connectivity index (χ1) is 12.0. The van der Waals surface area contributed by atoms with Gasteiger partial charge in [-0.15, -0.1) is 10.2 Å². The molecular formula is C18H24N6O. The van der Waals surface area contributed by atoms with Gasteiger partial charge in [0.1, 0.15) is 6.33 Å². The van der Waals surface area contributed by atoms with Gasteiger partial charge in [-0.1, -0.05) is 18.2 Å². The van der Waals surface area contributed by atoms with Crippen molar-refractivity contribution in [2.75, 3.05) is 7.05 Å². The fraction of sp³-hybridized carbons (Fsp3) is 0.389. The van der Waals surface area contributed by atoms with Gasteiger partial charge in [0.05, 0.1) is 12.6 Å². The number of H-pyrrole nitrogens is 1. The molecular weight excluding hydrogens is 316 g/mol. The van der Waals surface area contributed by atoms with Crippen molar-refractivity contribution in [3.63, 3.8) is 0 Å². The van der Waals surface area contributed by atoms with E-state index in [9.17, 15) is 4.79 Å². The molecule has 3 rings (SSSR count). The molecule has 1 amide bonds. The largest absolute Gasteiger partial charge is 0.361 e. The summed E-state index contributed by atoms with van der Waals surface area (Å²) in [7, 11) is 1.75. The van der Waals surface area contributed by atoms with E-state index in [-0.39, 0.29) is 11.9 Å². The van der Waals surface area contributed by atoms with Crippen molar-refractivity contribution in [1.82, 2.24) is 24.6 Å². The van der Waals surface area contributed by atoms with Crippen LogP contribution in [0.5, 0.6) is 0 Å². The molecule has 1 atom stereocenters. The Balaban J connectivity index is 1.68. The lowest BCUT2D eigenvalue weighted by Gasteiger charge is -2.21. The second kappa shape index (κ2) is 7.06. The monoisotopic (exact) mass is 340 g/mol. The van der Waals surface area contributed by atoms with Crippen LogP contribution in [0.1, 0.15) is 31.3 Å². The average molecular weight is 340 g/mol. The zero-order chi connectivity index (χ0) is 18.0. The number of nitrogens with one attached hydrogen (secondary N) is 1. The van der Waals surface area contributed by atoms with Gasteiger partial charge in [-0.25, -0.2) is 0 Å². The van der Waals surface area contributed by atoms with Gasteiger partial charge in [-0.2, -0.15) is 0 Å². The number of hydrogen-bond donors (Lipinski definition) is 2. The van der Waals surface area contributed by atoms with Gasteiger partial charge in [0.25, 0.3) is 0 Å².